The molecule has 0 bridgehead atoms. The van der Waals surface area contributed by atoms with Crippen LogP contribution in [0.4, 0.5) is 0 Å². The molecule has 0 aliphatic heterocycles. The van der Waals surface area contributed by atoms with Gasteiger partial charge in [-0.3, -0.25) is 4.79 Å². The summed E-state index contributed by atoms with van der Waals surface area (Å²) in [6, 6.07) is 19.7. The Kier molecular flexibility index (Phi) is 5.71. The molecular formula is C25H21NO5. The number of oxazole rings is 1. The Hall–Kier alpha value is -4.06. The first-order chi connectivity index (χ1) is 15.1. The van der Waals surface area contributed by atoms with Gasteiger partial charge in [0.25, 0.3) is 0 Å². The average molecular weight is 415 g/mol. The molecule has 6 nitrogen and oxygen atoms in total. The number of Topliss-reactive ketones (excluding diaryl/α,β-unsaturated/α-hetero) is 1. The first-order valence-electron chi connectivity index (χ1n) is 9.61. The van der Waals surface area contributed by atoms with Crippen LogP contribution in [0.2, 0.25) is 0 Å². The van der Waals surface area contributed by atoms with E-state index in [0.29, 0.717) is 45.0 Å². The van der Waals surface area contributed by atoms with E-state index in [1.54, 1.807) is 63.8 Å². The average Bonchev–Trinajstić information content (AvgIpc) is 3.26. The standard InChI is InChI=1S/C25H21NO5/c1-28-18-11-8-16(9-12-18)24(27)20(25-26-21-6-4-5-7-22(21)31-25)14-17-10-13-19(29-2)15-23(17)30-3/h4-15H,1-3H3/b20-14+. The minimum absolute atomic E-state index is 0.230. The zero-order valence-electron chi connectivity index (χ0n) is 17.4. The Balaban J connectivity index is 1.86. The van der Waals surface area contributed by atoms with Gasteiger partial charge in [-0.1, -0.05) is 12.1 Å². The van der Waals surface area contributed by atoms with Gasteiger partial charge in [-0.05, 0) is 54.6 Å². The summed E-state index contributed by atoms with van der Waals surface area (Å²) in [5, 5.41) is 0. The van der Waals surface area contributed by atoms with E-state index in [9.17, 15) is 4.79 Å². The highest BCUT2D eigenvalue weighted by Crippen LogP contribution is 2.31. The summed E-state index contributed by atoms with van der Waals surface area (Å²) in [6.45, 7) is 0. The normalized spacial score (nSPS) is 11.4. The van der Waals surface area contributed by atoms with Gasteiger partial charge in [0.1, 0.15) is 22.8 Å². The first-order valence-corrected chi connectivity index (χ1v) is 9.61. The molecular weight excluding hydrogens is 394 g/mol. The molecule has 1 aromatic heterocycles. The number of nitrogens with zero attached hydrogens (tertiary/aromatic N) is 1. The maximum absolute atomic E-state index is 13.5. The molecule has 0 spiro atoms. The number of hydrogen-bond donors (Lipinski definition) is 0. The van der Waals surface area contributed by atoms with E-state index in [-0.39, 0.29) is 11.7 Å². The van der Waals surface area contributed by atoms with E-state index in [1.807, 2.05) is 30.3 Å². The number of carbonyl (C=O) groups excluding carboxylic acids is 1. The van der Waals surface area contributed by atoms with Crippen LogP contribution in [0.1, 0.15) is 21.8 Å². The van der Waals surface area contributed by atoms with E-state index < -0.39 is 0 Å². The maximum atomic E-state index is 13.5. The van der Waals surface area contributed by atoms with Crippen LogP contribution in [0, 0.1) is 0 Å². The third-order valence-electron chi connectivity index (χ3n) is 4.86. The lowest BCUT2D eigenvalue weighted by molar-refractivity contribution is 0.105. The van der Waals surface area contributed by atoms with Gasteiger partial charge < -0.3 is 18.6 Å². The molecule has 0 saturated carbocycles. The smallest absolute Gasteiger partial charge is 0.231 e. The molecule has 0 saturated heterocycles. The second-order valence-electron chi connectivity index (χ2n) is 6.71. The fraction of sp³-hybridized carbons (Fsp3) is 0.120. The Morgan fingerprint density at radius 1 is 0.871 bits per heavy atom. The van der Waals surface area contributed by atoms with E-state index in [0.717, 1.165) is 0 Å². The fourth-order valence-electron chi connectivity index (χ4n) is 3.20. The lowest BCUT2D eigenvalue weighted by atomic mass is 10.00. The van der Waals surface area contributed by atoms with Crippen LogP contribution in [-0.2, 0) is 0 Å². The van der Waals surface area contributed by atoms with Crippen molar-refractivity contribution in [3.8, 4) is 17.2 Å². The van der Waals surface area contributed by atoms with Crippen molar-refractivity contribution < 1.29 is 23.4 Å². The number of para-hydroxylation sites is 2. The van der Waals surface area contributed by atoms with Crippen molar-refractivity contribution in [2.24, 2.45) is 0 Å². The Morgan fingerprint density at radius 2 is 1.58 bits per heavy atom. The molecule has 31 heavy (non-hydrogen) atoms. The third-order valence-corrected chi connectivity index (χ3v) is 4.86. The maximum Gasteiger partial charge on any atom is 0.231 e. The molecule has 0 N–H and O–H groups in total. The van der Waals surface area contributed by atoms with Gasteiger partial charge in [-0.15, -0.1) is 0 Å². The molecule has 0 unspecified atom stereocenters. The number of aromatic nitrogens is 1. The zero-order chi connectivity index (χ0) is 21.8. The number of allylic oxidation sites excluding steroid dienone is 1. The van der Waals surface area contributed by atoms with Crippen molar-refractivity contribution in [2.45, 2.75) is 0 Å². The number of carbonyl (C=O) groups is 1. The highest BCUT2D eigenvalue weighted by Gasteiger charge is 2.21. The van der Waals surface area contributed by atoms with Gasteiger partial charge in [-0.25, -0.2) is 4.98 Å². The SMILES string of the molecule is COc1ccc(C(=O)/C(=C\c2ccc(OC)cc2OC)c2nc3ccccc3o2)cc1. The Morgan fingerprint density at radius 3 is 2.26 bits per heavy atom. The highest BCUT2D eigenvalue weighted by atomic mass is 16.5. The van der Waals surface area contributed by atoms with Gasteiger partial charge in [0.2, 0.25) is 5.89 Å². The van der Waals surface area contributed by atoms with E-state index >= 15 is 0 Å². The molecule has 156 valence electrons. The van der Waals surface area contributed by atoms with Crippen LogP contribution in [0.5, 0.6) is 17.2 Å². The predicted octanol–water partition coefficient (Wildman–Crippen LogP) is 5.28. The van der Waals surface area contributed by atoms with Crippen LogP contribution in [-0.4, -0.2) is 32.1 Å². The number of ether oxygens (including phenoxy) is 3. The molecule has 4 aromatic rings. The molecule has 0 fully saturated rings. The summed E-state index contributed by atoms with van der Waals surface area (Å²) in [6.07, 6.45) is 1.72. The van der Waals surface area contributed by atoms with Crippen molar-refractivity contribution in [1.82, 2.24) is 4.98 Å². The number of fused-ring (bicyclic) bond motifs is 1. The summed E-state index contributed by atoms with van der Waals surface area (Å²) in [4.78, 5) is 18.0. The zero-order valence-corrected chi connectivity index (χ0v) is 17.4. The lowest BCUT2D eigenvalue weighted by Crippen LogP contribution is -2.04. The summed E-state index contributed by atoms with van der Waals surface area (Å²) in [7, 11) is 4.73. The van der Waals surface area contributed by atoms with Crippen molar-refractivity contribution in [2.75, 3.05) is 21.3 Å². The Bertz CT molecular complexity index is 1220. The van der Waals surface area contributed by atoms with Crippen LogP contribution < -0.4 is 14.2 Å². The Labute approximate surface area is 179 Å². The fourth-order valence-corrected chi connectivity index (χ4v) is 3.20. The van der Waals surface area contributed by atoms with Crippen molar-refractivity contribution >= 4 is 28.5 Å². The van der Waals surface area contributed by atoms with Crippen molar-refractivity contribution in [3.05, 3.63) is 83.7 Å². The minimum Gasteiger partial charge on any atom is -0.497 e. The van der Waals surface area contributed by atoms with Gasteiger partial charge in [0.15, 0.2) is 11.4 Å². The monoisotopic (exact) mass is 415 g/mol. The molecule has 0 radical (unpaired) electrons. The van der Waals surface area contributed by atoms with Crippen LogP contribution in [0.25, 0.3) is 22.7 Å². The highest BCUT2D eigenvalue weighted by molar-refractivity contribution is 6.31. The van der Waals surface area contributed by atoms with Crippen molar-refractivity contribution in [1.29, 1.82) is 0 Å². The van der Waals surface area contributed by atoms with E-state index in [4.69, 9.17) is 18.6 Å². The predicted molar refractivity (Wildman–Crippen MR) is 119 cm³/mol. The molecule has 0 amide bonds. The van der Waals surface area contributed by atoms with Crippen LogP contribution >= 0.6 is 0 Å². The summed E-state index contributed by atoms with van der Waals surface area (Å²) >= 11 is 0. The van der Waals surface area contributed by atoms with Gasteiger partial charge in [0, 0.05) is 17.2 Å². The topological polar surface area (TPSA) is 70.8 Å². The molecule has 1 heterocycles. The minimum atomic E-state index is -0.230. The summed E-state index contributed by atoms with van der Waals surface area (Å²) in [5.41, 5.74) is 2.77. The number of benzene rings is 3. The van der Waals surface area contributed by atoms with Gasteiger partial charge in [-0.2, -0.15) is 0 Å². The largest absolute Gasteiger partial charge is 0.497 e. The third kappa shape index (κ3) is 4.14. The number of rotatable bonds is 7. The van der Waals surface area contributed by atoms with E-state index in [2.05, 4.69) is 4.98 Å². The first kappa shape index (κ1) is 20.2. The molecule has 6 heteroatoms. The van der Waals surface area contributed by atoms with Crippen molar-refractivity contribution in [3.63, 3.8) is 0 Å². The summed E-state index contributed by atoms with van der Waals surface area (Å²) in [5.74, 6) is 1.89. The number of hydrogen-bond acceptors (Lipinski definition) is 6. The molecule has 3 aromatic carbocycles. The van der Waals surface area contributed by atoms with Gasteiger partial charge >= 0.3 is 0 Å². The molecule has 4 rings (SSSR count). The molecule has 0 atom stereocenters. The number of ketones is 1. The summed E-state index contributed by atoms with van der Waals surface area (Å²) < 4.78 is 21.9. The van der Waals surface area contributed by atoms with Crippen LogP contribution in [0.3, 0.4) is 0 Å². The van der Waals surface area contributed by atoms with E-state index in [1.165, 1.54) is 0 Å². The van der Waals surface area contributed by atoms with Gasteiger partial charge in [0.05, 0.1) is 26.9 Å². The molecule has 0 aliphatic carbocycles. The lowest BCUT2D eigenvalue weighted by Gasteiger charge is -2.09. The number of methoxy groups -OCH3 is 3. The second-order valence-corrected chi connectivity index (χ2v) is 6.71. The second kappa shape index (κ2) is 8.75. The molecule has 0 aliphatic rings. The quantitative estimate of drug-likeness (QED) is 0.302. The van der Waals surface area contributed by atoms with Crippen LogP contribution in [0.15, 0.2) is 71.1 Å².